The van der Waals surface area contributed by atoms with E-state index >= 15 is 0 Å². The second kappa shape index (κ2) is 7.26. The second-order valence-corrected chi connectivity index (χ2v) is 7.54. The molecule has 0 bridgehead atoms. The third-order valence-corrected chi connectivity index (χ3v) is 4.51. The minimum absolute atomic E-state index is 0.00834. The summed E-state index contributed by atoms with van der Waals surface area (Å²) in [4.78, 5) is 28.0. The van der Waals surface area contributed by atoms with Crippen molar-refractivity contribution in [3.63, 3.8) is 0 Å². The lowest BCUT2D eigenvalue weighted by Gasteiger charge is -2.38. The Kier molecular flexibility index (Phi) is 5.65. The summed E-state index contributed by atoms with van der Waals surface area (Å²) in [5.41, 5.74) is 4.76. The van der Waals surface area contributed by atoms with E-state index in [0.717, 1.165) is 12.1 Å². The molecule has 2 rings (SSSR count). The molecule has 0 aromatic heterocycles. The molecule has 144 valence electrons. The Hall–Kier alpha value is -2.09. The second-order valence-electron chi connectivity index (χ2n) is 7.54. The van der Waals surface area contributed by atoms with Crippen molar-refractivity contribution in [3.8, 4) is 0 Å². The number of amides is 2. The fourth-order valence-corrected chi connectivity index (χ4v) is 2.71. The van der Waals surface area contributed by atoms with Crippen molar-refractivity contribution in [1.82, 2.24) is 9.80 Å². The van der Waals surface area contributed by atoms with Crippen molar-refractivity contribution in [2.75, 3.05) is 26.2 Å². The van der Waals surface area contributed by atoms with Gasteiger partial charge in [0.1, 0.15) is 0 Å². The monoisotopic (exact) mass is 371 g/mol. The van der Waals surface area contributed by atoms with Gasteiger partial charge in [-0.2, -0.15) is 13.2 Å². The Labute approximate surface area is 150 Å². The van der Waals surface area contributed by atoms with Gasteiger partial charge in [0.2, 0.25) is 5.91 Å². The lowest BCUT2D eigenvalue weighted by molar-refractivity contribution is -0.138. The van der Waals surface area contributed by atoms with Crippen LogP contribution in [0.15, 0.2) is 24.3 Å². The Bertz CT molecular complexity index is 675. The number of benzene rings is 1. The quantitative estimate of drug-likeness (QED) is 0.868. The van der Waals surface area contributed by atoms with E-state index in [1.54, 1.807) is 4.90 Å². The van der Waals surface area contributed by atoms with E-state index in [1.165, 1.54) is 17.0 Å². The van der Waals surface area contributed by atoms with Gasteiger partial charge in [0.25, 0.3) is 5.91 Å². The van der Waals surface area contributed by atoms with Gasteiger partial charge in [0, 0.05) is 31.7 Å². The predicted octanol–water partition coefficient (Wildman–Crippen LogP) is 2.36. The van der Waals surface area contributed by atoms with Crippen LogP contribution in [0.4, 0.5) is 13.2 Å². The van der Waals surface area contributed by atoms with Crippen LogP contribution in [0.3, 0.4) is 0 Å². The zero-order valence-corrected chi connectivity index (χ0v) is 15.1. The van der Waals surface area contributed by atoms with Crippen LogP contribution in [0.25, 0.3) is 0 Å². The maximum Gasteiger partial charge on any atom is 0.416 e. The van der Waals surface area contributed by atoms with Gasteiger partial charge in [-0.3, -0.25) is 9.59 Å². The van der Waals surface area contributed by atoms with Gasteiger partial charge >= 0.3 is 6.18 Å². The van der Waals surface area contributed by atoms with Crippen LogP contribution in [-0.4, -0.2) is 53.8 Å². The van der Waals surface area contributed by atoms with Crippen LogP contribution in [0.2, 0.25) is 0 Å². The van der Waals surface area contributed by atoms with Gasteiger partial charge in [-0.25, -0.2) is 0 Å². The van der Waals surface area contributed by atoms with Crippen molar-refractivity contribution in [2.24, 2.45) is 11.1 Å². The zero-order chi connectivity index (χ0) is 19.7. The van der Waals surface area contributed by atoms with Crippen molar-refractivity contribution >= 4 is 11.8 Å². The van der Waals surface area contributed by atoms with Gasteiger partial charge in [0.05, 0.1) is 11.6 Å². The standard InChI is InChI=1S/C18H24F3N3O2/c1-17(2,3)14(22)16(26)24-9-7-23(8-10-24)15(25)12-5-4-6-13(11-12)18(19,20)21/h4-6,11,14H,7-10,22H2,1-3H3/t14-/m1/s1. The van der Waals surface area contributed by atoms with Crippen molar-refractivity contribution < 1.29 is 22.8 Å². The smallest absolute Gasteiger partial charge is 0.338 e. The van der Waals surface area contributed by atoms with E-state index in [-0.39, 0.29) is 30.0 Å². The third-order valence-electron chi connectivity index (χ3n) is 4.51. The molecule has 8 heteroatoms. The van der Waals surface area contributed by atoms with E-state index in [4.69, 9.17) is 5.73 Å². The first kappa shape index (κ1) is 20.2. The molecule has 0 aliphatic carbocycles. The van der Waals surface area contributed by atoms with Crippen LogP contribution in [0, 0.1) is 5.41 Å². The molecule has 1 fully saturated rings. The number of rotatable bonds is 2. The van der Waals surface area contributed by atoms with Crippen LogP contribution < -0.4 is 5.73 Å². The van der Waals surface area contributed by atoms with Gasteiger partial charge in [0.15, 0.2) is 0 Å². The third kappa shape index (κ3) is 4.55. The minimum atomic E-state index is -4.50. The number of carbonyl (C=O) groups excluding carboxylic acids is 2. The average Bonchev–Trinajstić information content (AvgIpc) is 2.58. The number of hydrogen-bond donors (Lipinski definition) is 1. The number of piperazine rings is 1. The fourth-order valence-electron chi connectivity index (χ4n) is 2.71. The zero-order valence-electron chi connectivity index (χ0n) is 15.1. The summed E-state index contributed by atoms with van der Waals surface area (Å²) in [5.74, 6) is -0.646. The van der Waals surface area contributed by atoms with Gasteiger partial charge in [-0.05, 0) is 23.6 Å². The molecular weight excluding hydrogens is 347 g/mol. The fraction of sp³-hybridized carbons (Fsp3) is 0.556. The molecule has 1 saturated heterocycles. The maximum absolute atomic E-state index is 12.8. The highest BCUT2D eigenvalue weighted by atomic mass is 19.4. The van der Waals surface area contributed by atoms with E-state index in [9.17, 15) is 22.8 Å². The van der Waals surface area contributed by atoms with Gasteiger partial charge in [-0.15, -0.1) is 0 Å². The Morgan fingerprint density at radius 2 is 1.58 bits per heavy atom. The molecule has 1 aromatic rings. The molecule has 1 atom stereocenters. The molecule has 1 aliphatic heterocycles. The number of alkyl halides is 3. The van der Waals surface area contributed by atoms with Crippen molar-refractivity contribution in [3.05, 3.63) is 35.4 Å². The van der Waals surface area contributed by atoms with E-state index in [0.29, 0.717) is 13.1 Å². The number of carbonyl (C=O) groups is 2. The van der Waals surface area contributed by atoms with Crippen LogP contribution in [0.1, 0.15) is 36.7 Å². The first-order valence-electron chi connectivity index (χ1n) is 8.42. The number of nitrogens with zero attached hydrogens (tertiary/aromatic N) is 2. The molecule has 2 amide bonds. The highest BCUT2D eigenvalue weighted by Gasteiger charge is 2.34. The number of hydrogen-bond acceptors (Lipinski definition) is 3. The molecular formula is C18H24F3N3O2. The molecule has 1 heterocycles. The molecule has 1 aromatic carbocycles. The summed E-state index contributed by atoms with van der Waals surface area (Å²) in [5, 5.41) is 0. The molecule has 0 radical (unpaired) electrons. The van der Waals surface area contributed by atoms with Crippen LogP contribution >= 0.6 is 0 Å². The number of halogens is 3. The normalized spacial score (nSPS) is 17.2. The molecule has 0 saturated carbocycles. The van der Waals surface area contributed by atoms with Crippen LogP contribution in [-0.2, 0) is 11.0 Å². The highest BCUT2D eigenvalue weighted by molar-refractivity contribution is 5.94. The highest BCUT2D eigenvalue weighted by Crippen LogP contribution is 2.30. The summed E-state index contributed by atoms with van der Waals surface area (Å²) in [6.07, 6.45) is -4.50. The van der Waals surface area contributed by atoms with Crippen LogP contribution in [0.5, 0.6) is 0 Å². The molecule has 0 unspecified atom stereocenters. The number of nitrogens with two attached hydrogens (primary N) is 1. The molecule has 26 heavy (non-hydrogen) atoms. The van der Waals surface area contributed by atoms with Gasteiger partial charge in [-0.1, -0.05) is 26.8 Å². The van der Waals surface area contributed by atoms with E-state index in [1.807, 2.05) is 20.8 Å². The van der Waals surface area contributed by atoms with Crippen molar-refractivity contribution in [2.45, 2.75) is 33.0 Å². The molecule has 0 spiro atoms. The first-order chi connectivity index (χ1) is 11.9. The average molecular weight is 371 g/mol. The lowest BCUT2D eigenvalue weighted by atomic mass is 9.86. The molecule has 5 nitrogen and oxygen atoms in total. The Balaban J connectivity index is 2.02. The summed E-state index contributed by atoms with van der Waals surface area (Å²) in [6, 6.07) is 3.73. The summed E-state index contributed by atoms with van der Waals surface area (Å²) < 4.78 is 38.4. The summed E-state index contributed by atoms with van der Waals surface area (Å²) in [6.45, 7) is 6.78. The summed E-state index contributed by atoms with van der Waals surface area (Å²) >= 11 is 0. The van der Waals surface area contributed by atoms with Gasteiger partial charge < -0.3 is 15.5 Å². The van der Waals surface area contributed by atoms with E-state index in [2.05, 4.69) is 0 Å². The van der Waals surface area contributed by atoms with E-state index < -0.39 is 23.7 Å². The Morgan fingerprint density at radius 3 is 2.08 bits per heavy atom. The first-order valence-corrected chi connectivity index (χ1v) is 8.42. The summed E-state index contributed by atoms with van der Waals surface area (Å²) in [7, 11) is 0. The topological polar surface area (TPSA) is 66.6 Å². The predicted molar refractivity (Wildman–Crippen MR) is 91.4 cm³/mol. The molecule has 1 aliphatic rings. The SMILES string of the molecule is CC(C)(C)[C@H](N)C(=O)N1CCN(C(=O)c2cccc(C(F)(F)F)c2)CC1. The van der Waals surface area contributed by atoms with Crippen molar-refractivity contribution in [1.29, 1.82) is 0 Å². The maximum atomic E-state index is 12.8. The molecule has 2 N–H and O–H groups in total. The Morgan fingerprint density at radius 1 is 1.04 bits per heavy atom. The largest absolute Gasteiger partial charge is 0.416 e. The lowest BCUT2D eigenvalue weighted by Crippen LogP contribution is -2.56. The minimum Gasteiger partial charge on any atom is -0.338 e.